The average Bonchev–Trinajstić information content (AvgIpc) is 3.28. The number of benzene rings is 2. The van der Waals surface area contributed by atoms with Gasteiger partial charge in [0.2, 0.25) is 0 Å². The Morgan fingerprint density at radius 1 is 0.970 bits per heavy atom. The summed E-state index contributed by atoms with van der Waals surface area (Å²) in [6, 6.07) is 22.5. The Kier molecular flexibility index (Phi) is 5.47. The highest BCUT2D eigenvalue weighted by atomic mass is 16.5. The second kappa shape index (κ2) is 8.88. The van der Waals surface area contributed by atoms with Crippen LogP contribution in [0.25, 0.3) is 28.3 Å². The summed E-state index contributed by atoms with van der Waals surface area (Å²) in [5.74, 6) is 1.02. The molecule has 162 valence electrons. The number of nitrogens with one attached hydrogen (secondary N) is 1. The molecule has 0 fully saturated rings. The summed E-state index contributed by atoms with van der Waals surface area (Å²) in [5.41, 5.74) is 4.82. The first kappa shape index (κ1) is 20.3. The Balaban J connectivity index is 1.34. The molecule has 3 heterocycles. The Morgan fingerprint density at radius 3 is 2.64 bits per heavy atom. The lowest BCUT2D eigenvalue weighted by atomic mass is 10.1. The molecule has 5 rings (SSSR count). The second-order valence-electron chi connectivity index (χ2n) is 7.48. The van der Waals surface area contributed by atoms with Crippen LogP contribution in [0.2, 0.25) is 0 Å². The van der Waals surface area contributed by atoms with Crippen LogP contribution in [0.15, 0.2) is 85.2 Å². The van der Waals surface area contributed by atoms with Crippen LogP contribution >= 0.6 is 0 Å². The van der Waals surface area contributed by atoms with E-state index in [0.717, 1.165) is 22.4 Å². The molecular formula is C25H20N6O2. The van der Waals surface area contributed by atoms with Gasteiger partial charge in [-0.2, -0.15) is 9.61 Å². The van der Waals surface area contributed by atoms with Gasteiger partial charge in [-0.3, -0.25) is 9.78 Å². The first-order valence-corrected chi connectivity index (χ1v) is 10.4. The van der Waals surface area contributed by atoms with Gasteiger partial charge in [0.1, 0.15) is 5.75 Å². The molecule has 0 saturated carbocycles. The van der Waals surface area contributed by atoms with E-state index in [9.17, 15) is 4.79 Å². The minimum Gasteiger partial charge on any atom is -0.484 e. The quantitative estimate of drug-likeness (QED) is 0.429. The maximum absolute atomic E-state index is 12.4. The lowest BCUT2D eigenvalue weighted by Gasteiger charge is -2.09. The highest BCUT2D eigenvalue weighted by Gasteiger charge is 2.12. The van der Waals surface area contributed by atoms with E-state index >= 15 is 0 Å². The van der Waals surface area contributed by atoms with Gasteiger partial charge in [0.25, 0.3) is 5.91 Å². The van der Waals surface area contributed by atoms with Crippen molar-refractivity contribution in [2.24, 2.45) is 0 Å². The zero-order chi connectivity index (χ0) is 22.6. The molecule has 0 atom stereocenters. The number of fused-ring (bicyclic) bond motifs is 1. The molecule has 0 saturated heterocycles. The van der Waals surface area contributed by atoms with Crippen LogP contribution in [0.5, 0.6) is 5.75 Å². The van der Waals surface area contributed by atoms with E-state index in [1.54, 1.807) is 16.9 Å². The Bertz CT molecular complexity index is 1410. The third kappa shape index (κ3) is 4.54. The average molecular weight is 436 g/mol. The van der Waals surface area contributed by atoms with Crippen molar-refractivity contribution in [3.8, 4) is 28.4 Å². The molecular weight excluding hydrogens is 416 g/mol. The number of ether oxygens (including phenoxy) is 1. The van der Waals surface area contributed by atoms with Gasteiger partial charge in [0, 0.05) is 29.2 Å². The Morgan fingerprint density at radius 2 is 1.82 bits per heavy atom. The first-order valence-electron chi connectivity index (χ1n) is 10.4. The van der Waals surface area contributed by atoms with Gasteiger partial charge in [0.05, 0.1) is 5.69 Å². The van der Waals surface area contributed by atoms with Crippen LogP contribution < -0.4 is 10.1 Å². The Labute approximate surface area is 189 Å². The van der Waals surface area contributed by atoms with Crippen LogP contribution in [0.1, 0.15) is 5.56 Å². The minimum absolute atomic E-state index is 0.0767. The van der Waals surface area contributed by atoms with Gasteiger partial charge >= 0.3 is 0 Å². The van der Waals surface area contributed by atoms with Crippen molar-refractivity contribution in [2.75, 3.05) is 11.9 Å². The molecule has 0 unspecified atom stereocenters. The van der Waals surface area contributed by atoms with Gasteiger partial charge in [-0.25, -0.2) is 0 Å². The van der Waals surface area contributed by atoms with Gasteiger partial charge < -0.3 is 10.1 Å². The second-order valence-corrected chi connectivity index (χ2v) is 7.48. The van der Waals surface area contributed by atoms with Crippen LogP contribution in [0.3, 0.4) is 0 Å². The minimum atomic E-state index is -0.242. The summed E-state index contributed by atoms with van der Waals surface area (Å²) in [6.07, 6.45) is 3.43. The third-order valence-electron chi connectivity index (χ3n) is 5.02. The van der Waals surface area contributed by atoms with Gasteiger partial charge in [-0.1, -0.05) is 29.8 Å². The molecule has 0 aliphatic rings. The molecule has 5 aromatic rings. The number of anilines is 1. The molecule has 0 spiro atoms. The van der Waals surface area contributed by atoms with Crippen LogP contribution in [0, 0.1) is 6.92 Å². The van der Waals surface area contributed by atoms with Crippen LogP contribution in [0.4, 0.5) is 5.69 Å². The fourth-order valence-electron chi connectivity index (χ4n) is 3.35. The summed E-state index contributed by atoms with van der Waals surface area (Å²) in [5, 5.41) is 16.0. The molecule has 0 aliphatic heterocycles. The van der Waals surface area contributed by atoms with Crippen LogP contribution in [-0.4, -0.2) is 37.3 Å². The van der Waals surface area contributed by atoms with E-state index in [4.69, 9.17) is 9.84 Å². The van der Waals surface area contributed by atoms with Crippen LogP contribution in [-0.2, 0) is 4.79 Å². The number of aromatic nitrogens is 5. The van der Waals surface area contributed by atoms with Crippen molar-refractivity contribution in [1.82, 2.24) is 24.8 Å². The summed E-state index contributed by atoms with van der Waals surface area (Å²) in [4.78, 5) is 16.5. The van der Waals surface area contributed by atoms with Crippen molar-refractivity contribution < 1.29 is 9.53 Å². The van der Waals surface area contributed by atoms with E-state index < -0.39 is 0 Å². The van der Waals surface area contributed by atoms with Crippen molar-refractivity contribution in [1.29, 1.82) is 0 Å². The van der Waals surface area contributed by atoms with E-state index in [2.05, 4.69) is 20.5 Å². The van der Waals surface area contributed by atoms with Crippen molar-refractivity contribution in [3.05, 3.63) is 90.8 Å². The number of rotatable bonds is 6. The zero-order valence-corrected chi connectivity index (χ0v) is 17.8. The monoisotopic (exact) mass is 436 g/mol. The smallest absolute Gasteiger partial charge is 0.262 e. The molecule has 8 nitrogen and oxygen atoms in total. The molecule has 0 bridgehead atoms. The molecule has 0 aliphatic carbocycles. The van der Waals surface area contributed by atoms with Crippen molar-refractivity contribution in [3.63, 3.8) is 0 Å². The van der Waals surface area contributed by atoms with E-state index in [-0.39, 0.29) is 12.5 Å². The molecule has 3 aromatic heterocycles. The van der Waals surface area contributed by atoms with Gasteiger partial charge in [-0.05, 0) is 55.5 Å². The van der Waals surface area contributed by atoms with E-state index in [1.165, 1.54) is 0 Å². The highest BCUT2D eigenvalue weighted by molar-refractivity contribution is 5.92. The first-order chi connectivity index (χ1) is 16.2. The fraction of sp³-hybridized carbons (Fsp3) is 0.0800. The zero-order valence-electron chi connectivity index (χ0n) is 17.8. The lowest BCUT2D eigenvalue weighted by molar-refractivity contribution is -0.118. The number of carbonyl (C=O) groups is 1. The molecule has 1 amide bonds. The van der Waals surface area contributed by atoms with Crippen molar-refractivity contribution >= 4 is 17.2 Å². The van der Waals surface area contributed by atoms with Gasteiger partial charge in [-0.15, -0.1) is 10.2 Å². The number of aryl methyl sites for hydroxylation is 1. The molecule has 2 aromatic carbocycles. The molecule has 1 N–H and O–H groups in total. The number of carbonyl (C=O) groups excluding carboxylic acids is 1. The Hall–Kier alpha value is -4.59. The maximum atomic E-state index is 12.4. The SMILES string of the molecule is Cc1ccc(OCC(=O)Nc2cccc(-c3ccc4nnc(-c5cccnc5)n4n3)c2)cc1. The number of pyridine rings is 1. The fourth-order valence-corrected chi connectivity index (χ4v) is 3.35. The standard InChI is InChI=1S/C25H20N6O2/c1-17-7-9-21(10-8-17)33-16-24(32)27-20-6-2-4-18(14-20)22-11-12-23-28-29-25(31(23)30-22)19-5-3-13-26-15-19/h2-15H,16H2,1H3,(H,27,32). The summed E-state index contributed by atoms with van der Waals surface area (Å²) < 4.78 is 7.25. The number of hydrogen-bond acceptors (Lipinski definition) is 6. The normalized spacial score (nSPS) is 10.8. The largest absolute Gasteiger partial charge is 0.484 e. The van der Waals surface area contributed by atoms with E-state index in [1.807, 2.05) is 79.7 Å². The predicted octanol–water partition coefficient (Wildman–Crippen LogP) is 4.18. The van der Waals surface area contributed by atoms with Gasteiger partial charge in [0.15, 0.2) is 18.1 Å². The number of hydrogen-bond donors (Lipinski definition) is 1. The summed E-state index contributed by atoms with van der Waals surface area (Å²) in [7, 11) is 0. The number of amides is 1. The lowest BCUT2D eigenvalue weighted by Crippen LogP contribution is -2.20. The summed E-state index contributed by atoms with van der Waals surface area (Å²) >= 11 is 0. The predicted molar refractivity (Wildman–Crippen MR) is 125 cm³/mol. The topological polar surface area (TPSA) is 94.3 Å². The molecule has 33 heavy (non-hydrogen) atoms. The maximum Gasteiger partial charge on any atom is 0.262 e. The van der Waals surface area contributed by atoms with E-state index in [0.29, 0.717) is 22.9 Å². The summed E-state index contributed by atoms with van der Waals surface area (Å²) in [6.45, 7) is 1.92. The third-order valence-corrected chi connectivity index (χ3v) is 5.02. The van der Waals surface area contributed by atoms with Crippen molar-refractivity contribution in [2.45, 2.75) is 6.92 Å². The molecule has 8 heteroatoms. The molecule has 0 radical (unpaired) electrons. The highest BCUT2D eigenvalue weighted by Crippen LogP contribution is 2.23. The number of nitrogens with zero attached hydrogens (tertiary/aromatic N) is 5.